The first-order chi connectivity index (χ1) is 17.3. The second kappa shape index (κ2) is 11.7. The van der Waals surface area contributed by atoms with Crippen LogP contribution in [-0.4, -0.2) is 58.0 Å². The summed E-state index contributed by atoms with van der Waals surface area (Å²) in [5.41, 5.74) is 0.933. The lowest BCUT2D eigenvalue weighted by Gasteiger charge is -2.33. The fourth-order valence-corrected chi connectivity index (χ4v) is 3.67. The average Bonchev–Trinajstić information content (AvgIpc) is 2.82. The predicted octanol–water partition coefficient (Wildman–Crippen LogP) is 4.34. The van der Waals surface area contributed by atoms with Crippen LogP contribution in [0.2, 0.25) is 0 Å². The maximum absolute atomic E-state index is 12.7. The molecule has 2 aromatic rings. The quantitative estimate of drug-likeness (QED) is 0.497. The number of nitrogens with zero attached hydrogens (tertiary/aromatic N) is 4. The van der Waals surface area contributed by atoms with Crippen LogP contribution >= 0.6 is 0 Å². The Labute approximate surface area is 212 Å². The molecule has 1 aliphatic rings. The normalized spacial score (nSPS) is 18.1. The van der Waals surface area contributed by atoms with Gasteiger partial charge in [-0.2, -0.15) is 18.2 Å². The van der Waals surface area contributed by atoms with E-state index in [1.165, 1.54) is 19.1 Å². The maximum Gasteiger partial charge on any atom is 0.422 e. The number of amidine groups is 1. The summed E-state index contributed by atoms with van der Waals surface area (Å²) in [5, 5.41) is 13.1. The van der Waals surface area contributed by atoms with Gasteiger partial charge in [0.05, 0.1) is 17.7 Å². The summed E-state index contributed by atoms with van der Waals surface area (Å²) in [7, 11) is 0. The molecule has 0 saturated carbocycles. The summed E-state index contributed by atoms with van der Waals surface area (Å²) >= 11 is 0. The Morgan fingerprint density at radius 1 is 1.27 bits per heavy atom. The SMILES string of the molecule is CC(=O)c1ccc(OCC(F)(F)F)nc1N1CCC(O)C/C1=N\C(C)c1ccnc(NC(=O)C(C)C)c1. The van der Waals surface area contributed by atoms with E-state index in [1.807, 2.05) is 6.92 Å². The van der Waals surface area contributed by atoms with Crippen LogP contribution in [0.3, 0.4) is 0 Å². The van der Waals surface area contributed by atoms with Crippen LogP contribution in [0.4, 0.5) is 24.8 Å². The zero-order valence-electron chi connectivity index (χ0n) is 21.0. The molecule has 12 heteroatoms. The molecule has 2 atom stereocenters. The Morgan fingerprint density at radius 3 is 2.65 bits per heavy atom. The topological polar surface area (TPSA) is 117 Å². The van der Waals surface area contributed by atoms with E-state index in [1.54, 1.807) is 37.1 Å². The van der Waals surface area contributed by atoms with Gasteiger partial charge in [0.1, 0.15) is 17.5 Å². The van der Waals surface area contributed by atoms with Crippen molar-refractivity contribution in [3.05, 3.63) is 41.6 Å². The number of aliphatic imine (C=N–C) groups is 1. The minimum atomic E-state index is -4.55. The van der Waals surface area contributed by atoms with E-state index in [4.69, 9.17) is 9.73 Å². The van der Waals surface area contributed by atoms with Crippen molar-refractivity contribution in [2.75, 3.05) is 23.4 Å². The lowest BCUT2D eigenvalue weighted by atomic mass is 10.0. The predicted molar refractivity (Wildman–Crippen MR) is 132 cm³/mol. The van der Waals surface area contributed by atoms with E-state index < -0.39 is 24.9 Å². The second-order valence-corrected chi connectivity index (χ2v) is 9.12. The lowest BCUT2D eigenvalue weighted by molar-refractivity contribution is -0.154. The van der Waals surface area contributed by atoms with Gasteiger partial charge in [-0.25, -0.2) is 4.98 Å². The number of halogens is 3. The van der Waals surface area contributed by atoms with Crippen LogP contribution in [0.15, 0.2) is 35.5 Å². The first kappa shape index (κ1) is 28.0. The van der Waals surface area contributed by atoms with Crippen molar-refractivity contribution in [1.82, 2.24) is 9.97 Å². The van der Waals surface area contributed by atoms with Crippen LogP contribution < -0.4 is 15.0 Å². The number of hydrogen-bond acceptors (Lipinski definition) is 7. The largest absolute Gasteiger partial charge is 0.468 e. The van der Waals surface area contributed by atoms with Gasteiger partial charge in [0.25, 0.3) is 0 Å². The molecule has 0 bridgehead atoms. The third-order valence-corrected chi connectivity index (χ3v) is 5.67. The first-order valence-corrected chi connectivity index (χ1v) is 11.8. The number of carbonyl (C=O) groups excluding carboxylic acids is 2. The number of aromatic nitrogens is 2. The average molecular weight is 522 g/mol. The minimum Gasteiger partial charge on any atom is -0.468 e. The Balaban J connectivity index is 1.95. The summed E-state index contributed by atoms with van der Waals surface area (Å²) in [6.45, 7) is 5.41. The fraction of sp³-hybridized carbons (Fsp3) is 0.480. The number of hydrogen-bond donors (Lipinski definition) is 2. The molecule has 1 fully saturated rings. The number of alkyl halides is 3. The van der Waals surface area contributed by atoms with Crippen molar-refractivity contribution in [3.8, 4) is 5.88 Å². The highest BCUT2D eigenvalue weighted by atomic mass is 19.4. The number of nitrogens with one attached hydrogen (secondary N) is 1. The zero-order chi connectivity index (χ0) is 27.3. The van der Waals surface area contributed by atoms with E-state index in [9.17, 15) is 27.9 Å². The third-order valence-electron chi connectivity index (χ3n) is 5.67. The molecule has 200 valence electrons. The molecular weight excluding hydrogens is 491 g/mol. The van der Waals surface area contributed by atoms with Crippen LogP contribution in [0.25, 0.3) is 0 Å². The van der Waals surface area contributed by atoms with Gasteiger partial charge in [-0.3, -0.25) is 14.6 Å². The summed E-state index contributed by atoms with van der Waals surface area (Å²) in [5.74, 6) is -0.110. The number of ether oxygens (including phenoxy) is 1. The number of aliphatic hydroxyl groups is 1. The molecule has 37 heavy (non-hydrogen) atoms. The van der Waals surface area contributed by atoms with Gasteiger partial charge in [0, 0.05) is 31.1 Å². The monoisotopic (exact) mass is 521 g/mol. The number of amides is 1. The Kier molecular flexibility index (Phi) is 8.85. The van der Waals surface area contributed by atoms with Crippen molar-refractivity contribution in [2.24, 2.45) is 10.9 Å². The molecule has 1 saturated heterocycles. The van der Waals surface area contributed by atoms with Crippen LogP contribution in [0.5, 0.6) is 5.88 Å². The number of rotatable bonds is 8. The number of ketones is 1. The Hall–Kier alpha value is -3.54. The second-order valence-electron chi connectivity index (χ2n) is 9.12. The van der Waals surface area contributed by atoms with Crippen molar-refractivity contribution >= 4 is 29.2 Å². The van der Waals surface area contributed by atoms with Crippen LogP contribution in [0.1, 0.15) is 62.5 Å². The van der Waals surface area contributed by atoms with Gasteiger partial charge < -0.3 is 20.1 Å². The molecule has 0 radical (unpaired) electrons. The molecule has 1 amide bonds. The minimum absolute atomic E-state index is 0.115. The highest BCUT2D eigenvalue weighted by molar-refractivity contribution is 6.05. The van der Waals surface area contributed by atoms with Gasteiger partial charge in [-0.15, -0.1) is 0 Å². The molecule has 9 nitrogen and oxygen atoms in total. The van der Waals surface area contributed by atoms with Crippen molar-refractivity contribution in [3.63, 3.8) is 0 Å². The van der Waals surface area contributed by atoms with Gasteiger partial charge in [-0.1, -0.05) is 13.8 Å². The number of Topliss-reactive ketones (excluding diaryl/α,β-unsaturated/α-hetero) is 1. The van der Waals surface area contributed by atoms with E-state index in [0.717, 1.165) is 5.56 Å². The highest BCUT2D eigenvalue weighted by Gasteiger charge is 2.31. The number of anilines is 2. The first-order valence-electron chi connectivity index (χ1n) is 11.8. The number of piperidine rings is 1. The third kappa shape index (κ3) is 7.72. The number of pyridine rings is 2. The molecule has 0 spiro atoms. The highest BCUT2D eigenvalue weighted by Crippen LogP contribution is 2.29. The van der Waals surface area contributed by atoms with Crippen molar-refractivity contribution in [1.29, 1.82) is 0 Å². The molecule has 2 unspecified atom stereocenters. The standard InChI is InChI=1S/C25H30F3N5O4/c1-14(2)24(36)31-20-11-17(7-9-29-20)15(3)30-21-12-18(35)8-10-33(21)23-19(16(4)34)5-6-22(32-23)37-13-25(26,27)28/h5-7,9,11,14-15,18,35H,8,10,12-13H2,1-4H3,(H,29,31,36)/b30-21+. The maximum atomic E-state index is 12.7. The van der Waals surface area contributed by atoms with E-state index in [-0.39, 0.29) is 47.8 Å². The van der Waals surface area contributed by atoms with Crippen molar-refractivity contribution < 1.29 is 32.6 Å². The summed E-state index contributed by atoms with van der Waals surface area (Å²) < 4.78 is 42.8. The summed E-state index contributed by atoms with van der Waals surface area (Å²) in [4.78, 5) is 39.1. The molecule has 1 aliphatic heterocycles. The lowest BCUT2D eigenvalue weighted by Crippen LogP contribution is -2.42. The number of aliphatic hydroxyl groups excluding tert-OH is 1. The molecule has 2 aromatic heterocycles. The van der Waals surface area contributed by atoms with Crippen LogP contribution in [0, 0.1) is 5.92 Å². The molecular formula is C25H30F3N5O4. The molecule has 2 N–H and O–H groups in total. The number of carbonyl (C=O) groups is 2. The molecule has 3 heterocycles. The van der Waals surface area contributed by atoms with Gasteiger partial charge >= 0.3 is 6.18 Å². The van der Waals surface area contributed by atoms with Crippen molar-refractivity contribution in [2.45, 2.75) is 58.9 Å². The Morgan fingerprint density at radius 2 is 2.00 bits per heavy atom. The summed E-state index contributed by atoms with van der Waals surface area (Å²) in [6, 6.07) is 5.59. The Bertz CT molecular complexity index is 1170. The van der Waals surface area contributed by atoms with Gasteiger partial charge in [0.15, 0.2) is 12.4 Å². The fourth-order valence-electron chi connectivity index (χ4n) is 3.67. The zero-order valence-corrected chi connectivity index (χ0v) is 21.0. The smallest absolute Gasteiger partial charge is 0.422 e. The van der Waals surface area contributed by atoms with E-state index in [0.29, 0.717) is 18.1 Å². The summed E-state index contributed by atoms with van der Waals surface area (Å²) in [6.07, 6.45) is -3.19. The van der Waals surface area contributed by atoms with Gasteiger partial charge in [-0.05, 0) is 44.0 Å². The van der Waals surface area contributed by atoms with Gasteiger partial charge in [0.2, 0.25) is 11.8 Å². The molecule has 3 rings (SSSR count). The molecule has 0 aliphatic carbocycles. The van der Waals surface area contributed by atoms with E-state index in [2.05, 4.69) is 15.3 Å². The van der Waals surface area contributed by atoms with Crippen LogP contribution in [-0.2, 0) is 4.79 Å². The van der Waals surface area contributed by atoms with E-state index >= 15 is 0 Å². The molecule has 0 aromatic carbocycles.